The van der Waals surface area contributed by atoms with Crippen LogP contribution in [0.4, 0.5) is 0 Å². The van der Waals surface area contributed by atoms with Crippen LogP contribution in [0.25, 0.3) is 0 Å². The quantitative estimate of drug-likeness (QED) is 0.0212. The van der Waals surface area contributed by atoms with E-state index in [-0.39, 0.29) is 12.3 Å². The molecule has 8 N–H and O–H groups in total. The lowest BCUT2D eigenvalue weighted by atomic mass is 9.85. The summed E-state index contributed by atoms with van der Waals surface area (Å²) in [4.78, 5) is 23.6. The molecular weight excluding hydrogens is 1000 g/mol. The van der Waals surface area contributed by atoms with E-state index in [1.807, 2.05) is 0 Å². The summed E-state index contributed by atoms with van der Waals surface area (Å²) in [5.41, 5.74) is 0. The van der Waals surface area contributed by atoms with Crippen LogP contribution in [0.2, 0.25) is 0 Å². The number of amides is 1. The molecule has 12 nitrogen and oxygen atoms in total. The highest BCUT2D eigenvalue weighted by atomic mass is 31.2. The normalized spacial score (nSPS) is 20.3. The van der Waals surface area contributed by atoms with Gasteiger partial charge in [-0.05, 0) is 12.8 Å². The maximum absolute atomic E-state index is 13.1. The molecule has 6 unspecified atom stereocenters. The van der Waals surface area contributed by atoms with Gasteiger partial charge in [0.2, 0.25) is 5.91 Å². The third-order valence-electron chi connectivity index (χ3n) is 16.9. The van der Waals surface area contributed by atoms with E-state index in [0.717, 1.165) is 38.5 Å². The van der Waals surface area contributed by atoms with Gasteiger partial charge < -0.3 is 40.8 Å². The highest BCUT2D eigenvalue weighted by Crippen LogP contribution is 2.47. The molecule has 78 heavy (non-hydrogen) atoms. The molecule has 0 bridgehead atoms. The lowest BCUT2D eigenvalue weighted by molar-refractivity contribution is -0.220. The minimum Gasteiger partial charge on any atom is -0.391 e. The van der Waals surface area contributed by atoms with E-state index >= 15 is 0 Å². The van der Waals surface area contributed by atoms with Gasteiger partial charge in [0.15, 0.2) is 0 Å². The minimum absolute atomic E-state index is 0.244. The summed E-state index contributed by atoms with van der Waals surface area (Å²) in [6, 6.07) is -1.03. The van der Waals surface area contributed by atoms with Crippen LogP contribution < -0.4 is 5.32 Å². The summed E-state index contributed by atoms with van der Waals surface area (Å²) < 4.78 is 23.2. The third-order valence-corrected chi connectivity index (χ3v) is 17.9. The Hall–Kier alpha value is -0.660. The summed E-state index contributed by atoms with van der Waals surface area (Å²) in [6.07, 6.45) is 54.7. The molecule has 1 aliphatic carbocycles. The van der Waals surface area contributed by atoms with Crippen LogP contribution in [-0.4, -0.2) is 96.8 Å². The fourth-order valence-electron chi connectivity index (χ4n) is 11.5. The Morgan fingerprint density at radius 2 is 0.615 bits per heavy atom. The second-order valence-corrected chi connectivity index (χ2v) is 25.8. The van der Waals surface area contributed by atoms with Crippen molar-refractivity contribution >= 4 is 13.7 Å². The van der Waals surface area contributed by atoms with Crippen LogP contribution >= 0.6 is 7.82 Å². The Labute approximate surface area is 480 Å². The molecule has 1 saturated carbocycles. The zero-order valence-corrected chi connectivity index (χ0v) is 51.9. The summed E-state index contributed by atoms with van der Waals surface area (Å²) >= 11 is 0. The monoisotopic (exact) mass is 1130 g/mol. The molecule has 1 rings (SSSR count). The van der Waals surface area contributed by atoms with Gasteiger partial charge >= 0.3 is 7.82 Å². The predicted octanol–water partition coefficient (Wildman–Crippen LogP) is 16.9. The van der Waals surface area contributed by atoms with Crippen molar-refractivity contribution in [3.05, 3.63) is 0 Å². The smallest absolute Gasteiger partial charge is 0.391 e. The first-order chi connectivity index (χ1) is 37.9. The van der Waals surface area contributed by atoms with Gasteiger partial charge in [-0.3, -0.25) is 13.8 Å². The van der Waals surface area contributed by atoms with Gasteiger partial charge in [-0.2, -0.15) is 0 Å². The summed E-state index contributed by atoms with van der Waals surface area (Å²) in [5, 5.41) is 64.6. The Morgan fingerprint density at radius 1 is 0.385 bits per heavy atom. The number of unbranched alkanes of at least 4 members (excludes halogenated alkanes) is 49. The largest absolute Gasteiger partial charge is 0.472 e. The number of hydrogen-bond acceptors (Lipinski definition) is 10. The number of hydrogen-bond donors (Lipinski definition) is 8. The molecule has 1 amide bonds. The van der Waals surface area contributed by atoms with E-state index in [0.29, 0.717) is 19.3 Å². The summed E-state index contributed by atoms with van der Waals surface area (Å²) in [6.45, 7) is 3.96. The number of aliphatic hydroxyl groups excluding tert-OH is 6. The van der Waals surface area contributed by atoms with Crippen molar-refractivity contribution in [2.24, 2.45) is 0 Å². The Balaban J connectivity index is 2.15. The van der Waals surface area contributed by atoms with E-state index in [1.54, 1.807) is 0 Å². The molecule has 0 aromatic carbocycles. The standard InChI is InChI=1S/C65H130NO11P/c1-3-5-7-9-11-13-15-17-19-21-22-23-24-25-26-27-28-29-30-31-32-33-34-35-36-37-38-39-41-43-45-47-49-51-53-55-59(68)66-57(56-76-78(74,75)77-65-63(72)61(70)60(69)62(71)64(65)73)58(67)54-52-50-48-46-44-42-40-20-18-16-14-12-10-8-6-4-2/h57-58,60-65,67,69-73H,3-56H2,1-2H3,(H,66,68)(H,74,75)/t57-,58+,60?,61+,62?,63?,64?,65?/m0/s1. The van der Waals surface area contributed by atoms with Crippen molar-refractivity contribution in [2.45, 2.75) is 403 Å². The summed E-state index contributed by atoms with van der Waals surface area (Å²) in [5.74, 6) is -0.298. The van der Waals surface area contributed by atoms with E-state index < -0.39 is 63.2 Å². The number of aliphatic hydroxyl groups is 6. The van der Waals surface area contributed by atoms with Gasteiger partial charge in [-0.1, -0.05) is 335 Å². The molecule has 0 radical (unpaired) electrons. The van der Waals surface area contributed by atoms with Crippen molar-refractivity contribution in [2.75, 3.05) is 6.61 Å². The molecule has 0 spiro atoms. The van der Waals surface area contributed by atoms with Gasteiger partial charge in [0.1, 0.15) is 36.6 Å². The molecule has 0 heterocycles. The van der Waals surface area contributed by atoms with Gasteiger partial charge in [0, 0.05) is 6.42 Å². The molecular formula is C65H130NO11P. The van der Waals surface area contributed by atoms with Crippen LogP contribution in [0.5, 0.6) is 0 Å². The first-order valence-corrected chi connectivity index (χ1v) is 35.5. The van der Waals surface area contributed by atoms with E-state index in [9.17, 15) is 44.9 Å². The Morgan fingerprint density at radius 3 is 0.885 bits per heavy atom. The fraction of sp³-hybridized carbons (Fsp3) is 0.985. The molecule has 1 fully saturated rings. The zero-order valence-electron chi connectivity index (χ0n) is 51.0. The van der Waals surface area contributed by atoms with Crippen LogP contribution in [0, 0.1) is 0 Å². The predicted molar refractivity (Wildman–Crippen MR) is 325 cm³/mol. The topological polar surface area (TPSA) is 206 Å². The third kappa shape index (κ3) is 43.9. The number of carbonyl (C=O) groups excluding carboxylic acids is 1. The average molecular weight is 1130 g/mol. The highest BCUT2D eigenvalue weighted by molar-refractivity contribution is 7.47. The van der Waals surface area contributed by atoms with Gasteiger partial charge in [-0.25, -0.2) is 4.57 Å². The number of phosphoric ester groups is 1. The second kappa shape index (κ2) is 54.3. The van der Waals surface area contributed by atoms with Gasteiger partial charge in [0.05, 0.1) is 18.8 Å². The van der Waals surface area contributed by atoms with Crippen LogP contribution in [0.1, 0.15) is 354 Å². The average Bonchev–Trinajstić information content (AvgIpc) is 3.46. The molecule has 0 saturated heterocycles. The van der Waals surface area contributed by atoms with Crippen LogP contribution in [0.15, 0.2) is 0 Å². The highest BCUT2D eigenvalue weighted by Gasteiger charge is 2.51. The van der Waals surface area contributed by atoms with Crippen LogP contribution in [-0.2, 0) is 18.4 Å². The SMILES string of the molecule is CCCCCCCCCCCCCCCCCCCCCCCCCCCCCCCCCCCCCC(=O)N[C@@H](COP(=O)(O)OC1C(O)C(O)C(O)[C@@H](O)C1O)[C@H](O)CCCCCCCCCCCCCCCCCC. The van der Waals surface area contributed by atoms with E-state index in [1.165, 1.54) is 276 Å². The summed E-state index contributed by atoms with van der Waals surface area (Å²) in [7, 11) is -5.06. The van der Waals surface area contributed by atoms with Crippen LogP contribution in [0.3, 0.4) is 0 Å². The first-order valence-electron chi connectivity index (χ1n) is 34.0. The molecule has 0 aromatic rings. The molecule has 13 heteroatoms. The van der Waals surface area contributed by atoms with E-state index in [4.69, 9.17) is 9.05 Å². The fourth-order valence-corrected chi connectivity index (χ4v) is 12.5. The minimum atomic E-state index is -5.06. The Kier molecular flexibility index (Phi) is 52.4. The van der Waals surface area contributed by atoms with Crippen molar-refractivity contribution < 1.29 is 53.9 Å². The number of rotatable bonds is 60. The number of phosphoric acid groups is 1. The maximum Gasteiger partial charge on any atom is 0.472 e. The lowest BCUT2D eigenvalue weighted by Gasteiger charge is -2.41. The lowest BCUT2D eigenvalue weighted by Crippen LogP contribution is -2.64. The van der Waals surface area contributed by atoms with Crippen molar-refractivity contribution in [1.29, 1.82) is 0 Å². The molecule has 9 atom stereocenters. The molecule has 1 aliphatic rings. The second-order valence-electron chi connectivity index (χ2n) is 24.4. The maximum atomic E-state index is 13.1. The zero-order chi connectivity index (χ0) is 57.0. The van der Waals surface area contributed by atoms with Crippen molar-refractivity contribution in [1.82, 2.24) is 5.32 Å². The number of carbonyl (C=O) groups is 1. The van der Waals surface area contributed by atoms with E-state index in [2.05, 4.69) is 19.2 Å². The first kappa shape index (κ1) is 75.4. The Bertz CT molecular complexity index is 1320. The molecule has 0 aliphatic heterocycles. The van der Waals surface area contributed by atoms with Gasteiger partial charge in [0.25, 0.3) is 0 Å². The van der Waals surface area contributed by atoms with Crippen molar-refractivity contribution in [3.8, 4) is 0 Å². The molecule has 0 aromatic heterocycles. The van der Waals surface area contributed by atoms with Crippen molar-refractivity contribution in [3.63, 3.8) is 0 Å². The number of nitrogens with one attached hydrogen (secondary N) is 1. The molecule has 466 valence electrons. The van der Waals surface area contributed by atoms with Gasteiger partial charge in [-0.15, -0.1) is 0 Å².